The van der Waals surface area contributed by atoms with Crippen LogP contribution in [-0.4, -0.2) is 47.8 Å². The van der Waals surface area contributed by atoms with Crippen LogP contribution in [0.4, 0.5) is 0 Å². The second-order valence-corrected chi connectivity index (χ2v) is 12.4. The lowest BCUT2D eigenvalue weighted by molar-refractivity contribution is -0.136. The molecule has 1 aliphatic carbocycles. The summed E-state index contributed by atoms with van der Waals surface area (Å²) in [6.07, 6.45) is 29.0. The quantitative estimate of drug-likeness (QED) is 0.101. The molecule has 4 heteroatoms. The Bertz CT molecular complexity index is 543. The van der Waals surface area contributed by atoms with Gasteiger partial charge in [0.2, 0.25) is 11.8 Å². The molecule has 1 saturated carbocycles. The summed E-state index contributed by atoms with van der Waals surface area (Å²) >= 11 is 0. The van der Waals surface area contributed by atoms with Crippen molar-refractivity contribution >= 4 is 11.8 Å². The molecular weight excluding hydrogens is 480 g/mol. The van der Waals surface area contributed by atoms with E-state index in [1.54, 1.807) is 0 Å². The van der Waals surface area contributed by atoms with Crippen molar-refractivity contribution in [3.8, 4) is 0 Å². The van der Waals surface area contributed by atoms with Crippen LogP contribution in [0, 0.1) is 11.8 Å². The van der Waals surface area contributed by atoms with E-state index in [-0.39, 0.29) is 11.8 Å². The molecule has 2 unspecified atom stereocenters. The molecule has 2 atom stereocenters. The highest BCUT2D eigenvalue weighted by atomic mass is 16.2. The monoisotopic (exact) mass is 549 g/mol. The van der Waals surface area contributed by atoms with Gasteiger partial charge in [0.15, 0.2) is 0 Å². The van der Waals surface area contributed by atoms with Crippen molar-refractivity contribution < 1.29 is 9.59 Å². The average Bonchev–Trinajstić information content (AvgIpc) is 3.45. The van der Waals surface area contributed by atoms with Crippen LogP contribution in [0.2, 0.25) is 0 Å². The molecule has 4 nitrogen and oxygen atoms in total. The molecule has 0 aromatic rings. The van der Waals surface area contributed by atoms with E-state index in [1.165, 1.54) is 116 Å². The standard InChI is InChI=1S/C35H68N2O2/c1-5-9-11-13-15-17-19-21-23-25-29-36(7-3)34(38)32-27-28-33(31-32)35(39)37(8-4)30-26-24-22-20-18-16-14-12-10-6-2/h32-33H,5-31H2,1-4H3. The van der Waals surface area contributed by atoms with Gasteiger partial charge in [-0.25, -0.2) is 0 Å². The summed E-state index contributed by atoms with van der Waals surface area (Å²) in [5.74, 6) is 0.721. The Morgan fingerprint density at radius 3 is 1.03 bits per heavy atom. The summed E-state index contributed by atoms with van der Waals surface area (Å²) in [4.78, 5) is 30.6. The van der Waals surface area contributed by atoms with Gasteiger partial charge in [-0.05, 0) is 46.0 Å². The Morgan fingerprint density at radius 1 is 0.462 bits per heavy atom. The van der Waals surface area contributed by atoms with Gasteiger partial charge < -0.3 is 9.80 Å². The molecule has 0 saturated heterocycles. The fourth-order valence-electron chi connectivity index (χ4n) is 6.37. The molecule has 0 aromatic carbocycles. The molecule has 39 heavy (non-hydrogen) atoms. The molecule has 0 heterocycles. The first kappa shape index (κ1) is 36.0. The zero-order valence-corrected chi connectivity index (χ0v) is 27.0. The molecule has 0 aliphatic heterocycles. The second-order valence-electron chi connectivity index (χ2n) is 12.4. The summed E-state index contributed by atoms with van der Waals surface area (Å²) in [6.45, 7) is 12.1. The summed E-state index contributed by atoms with van der Waals surface area (Å²) in [6, 6.07) is 0. The lowest BCUT2D eigenvalue weighted by Gasteiger charge is -2.26. The maximum absolute atomic E-state index is 13.2. The highest BCUT2D eigenvalue weighted by Crippen LogP contribution is 2.34. The van der Waals surface area contributed by atoms with Crippen molar-refractivity contribution in [3.05, 3.63) is 0 Å². The predicted molar refractivity (Wildman–Crippen MR) is 169 cm³/mol. The molecule has 0 radical (unpaired) electrons. The molecule has 230 valence electrons. The molecule has 1 rings (SSSR count). The number of rotatable bonds is 26. The van der Waals surface area contributed by atoms with Crippen molar-refractivity contribution in [2.24, 2.45) is 11.8 Å². The van der Waals surface area contributed by atoms with Crippen LogP contribution in [0.3, 0.4) is 0 Å². The molecule has 1 aliphatic rings. The van der Waals surface area contributed by atoms with E-state index in [2.05, 4.69) is 37.5 Å². The molecule has 0 bridgehead atoms. The van der Waals surface area contributed by atoms with Crippen LogP contribution >= 0.6 is 0 Å². The minimum absolute atomic E-state index is 0.0538. The topological polar surface area (TPSA) is 40.6 Å². The van der Waals surface area contributed by atoms with Crippen molar-refractivity contribution in [1.82, 2.24) is 9.80 Å². The van der Waals surface area contributed by atoms with Crippen LogP contribution in [0.5, 0.6) is 0 Å². The van der Waals surface area contributed by atoms with Crippen molar-refractivity contribution in [3.63, 3.8) is 0 Å². The molecule has 0 aromatic heterocycles. The van der Waals surface area contributed by atoms with Crippen molar-refractivity contribution in [2.45, 2.75) is 175 Å². The van der Waals surface area contributed by atoms with E-state index in [0.717, 1.165) is 58.3 Å². The minimum atomic E-state index is 0.0538. The summed E-state index contributed by atoms with van der Waals surface area (Å²) in [5, 5.41) is 0. The number of hydrogen-bond acceptors (Lipinski definition) is 2. The number of unbranched alkanes of at least 4 members (excludes halogenated alkanes) is 18. The molecule has 0 N–H and O–H groups in total. The van der Waals surface area contributed by atoms with Crippen LogP contribution in [-0.2, 0) is 9.59 Å². The fourth-order valence-corrected chi connectivity index (χ4v) is 6.37. The van der Waals surface area contributed by atoms with E-state index in [0.29, 0.717) is 11.8 Å². The molecular formula is C35H68N2O2. The van der Waals surface area contributed by atoms with Gasteiger partial charge in [0.05, 0.1) is 0 Å². The second kappa shape index (κ2) is 24.7. The fraction of sp³-hybridized carbons (Fsp3) is 0.943. The minimum Gasteiger partial charge on any atom is -0.343 e. The molecule has 0 spiro atoms. The van der Waals surface area contributed by atoms with Gasteiger partial charge in [0, 0.05) is 38.0 Å². The lowest BCUT2D eigenvalue weighted by atomic mass is 10.0. The Morgan fingerprint density at radius 2 is 0.744 bits per heavy atom. The van der Waals surface area contributed by atoms with Gasteiger partial charge in [-0.15, -0.1) is 0 Å². The number of nitrogens with zero attached hydrogens (tertiary/aromatic N) is 2. The Labute approximate surface area is 244 Å². The molecule has 2 amide bonds. The maximum Gasteiger partial charge on any atom is 0.225 e. The van der Waals surface area contributed by atoms with E-state index in [9.17, 15) is 9.59 Å². The third-order valence-corrected chi connectivity index (χ3v) is 9.08. The highest BCUT2D eigenvalue weighted by molar-refractivity contribution is 5.83. The molecule has 1 fully saturated rings. The van der Waals surface area contributed by atoms with E-state index in [4.69, 9.17) is 0 Å². The third-order valence-electron chi connectivity index (χ3n) is 9.08. The van der Waals surface area contributed by atoms with Gasteiger partial charge in [-0.1, -0.05) is 129 Å². The van der Waals surface area contributed by atoms with Crippen LogP contribution in [0.15, 0.2) is 0 Å². The summed E-state index contributed by atoms with van der Waals surface area (Å²) in [7, 11) is 0. The third kappa shape index (κ3) is 16.7. The first-order chi connectivity index (χ1) is 19.1. The Hall–Kier alpha value is -1.06. The highest BCUT2D eigenvalue weighted by Gasteiger charge is 2.36. The van der Waals surface area contributed by atoms with Gasteiger partial charge in [0.1, 0.15) is 0 Å². The lowest BCUT2D eigenvalue weighted by Crippen LogP contribution is -2.38. The normalized spacial score (nSPS) is 17.0. The zero-order valence-electron chi connectivity index (χ0n) is 27.0. The first-order valence-electron chi connectivity index (χ1n) is 17.7. The van der Waals surface area contributed by atoms with Gasteiger partial charge in [-0.3, -0.25) is 9.59 Å². The predicted octanol–water partition coefficient (Wildman–Crippen LogP) is 9.94. The van der Waals surface area contributed by atoms with Crippen LogP contribution in [0.25, 0.3) is 0 Å². The van der Waals surface area contributed by atoms with Crippen LogP contribution in [0.1, 0.15) is 175 Å². The number of carbonyl (C=O) groups is 2. The number of carbonyl (C=O) groups excluding carboxylic acids is 2. The van der Waals surface area contributed by atoms with Crippen LogP contribution < -0.4 is 0 Å². The maximum atomic E-state index is 13.2. The van der Waals surface area contributed by atoms with Crippen molar-refractivity contribution in [2.75, 3.05) is 26.2 Å². The smallest absolute Gasteiger partial charge is 0.225 e. The summed E-state index contributed by atoms with van der Waals surface area (Å²) < 4.78 is 0. The van der Waals surface area contributed by atoms with E-state index < -0.39 is 0 Å². The van der Waals surface area contributed by atoms with E-state index in [1.807, 2.05) is 0 Å². The Balaban J connectivity index is 2.22. The zero-order chi connectivity index (χ0) is 28.6. The Kier molecular flexibility index (Phi) is 22.8. The average molecular weight is 549 g/mol. The van der Waals surface area contributed by atoms with Gasteiger partial charge in [-0.2, -0.15) is 0 Å². The largest absolute Gasteiger partial charge is 0.343 e. The van der Waals surface area contributed by atoms with Gasteiger partial charge in [0.25, 0.3) is 0 Å². The van der Waals surface area contributed by atoms with Gasteiger partial charge >= 0.3 is 0 Å². The van der Waals surface area contributed by atoms with E-state index >= 15 is 0 Å². The van der Waals surface area contributed by atoms with Crippen molar-refractivity contribution in [1.29, 1.82) is 0 Å². The SMILES string of the molecule is CCCCCCCCCCCCN(CC)C(=O)C1CCC(C(=O)N(CC)CCCCCCCCCCCC)C1. The number of amides is 2. The number of hydrogen-bond donors (Lipinski definition) is 0. The first-order valence-corrected chi connectivity index (χ1v) is 17.7. The summed E-state index contributed by atoms with van der Waals surface area (Å²) in [5.41, 5.74) is 0.